The van der Waals surface area contributed by atoms with Gasteiger partial charge in [-0.25, -0.2) is 0 Å². The van der Waals surface area contributed by atoms with Gasteiger partial charge in [0.2, 0.25) is 0 Å². The lowest BCUT2D eigenvalue weighted by atomic mass is 9.92. The molecule has 6 nitrogen and oxygen atoms in total. The van der Waals surface area contributed by atoms with Crippen molar-refractivity contribution in [2.24, 2.45) is 0 Å². The largest absolute Gasteiger partial charge is 0.508 e. The van der Waals surface area contributed by atoms with E-state index in [1.165, 1.54) is 14.2 Å². The van der Waals surface area contributed by atoms with Crippen LogP contribution in [0.15, 0.2) is 30.3 Å². The molecule has 0 saturated heterocycles. The minimum atomic E-state index is -0.469. The molecule has 0 amide bonds. The fourth-order valence-corrected chi connectivity index (χ4v) is 3.07. The van der Waals surface area contributed by atoms with Gasteiger partial charge in [-0.3, -0.25) is 9.59 Å². The summed E-state index contributed by atoms with van der Waals surface area (Å²) >= 11 is 0. The van der Waals surface area contributed by atoms with Crippen molar-refractivity contribution in [3.05, 3.63) is 58.1 Å². The second kappa shape index (κ2) is 9.26. The van der Waals surface area contributed by atoms with Gasteiger partial charge in [-0.2, -0.15) is 0 Å². The molecule has 28 heavy (non-hydrogen) atoms. The zero-order valence-electron chi connectivity index (χ0n) is 16.6. The molecular formula is C22H26O6. The molecule has 150 valence electrons. The number of phenols is 2. The highest BCUT2D eigenvalue weighted by Gasteiger charge is 2.19. The summed E-state index contributed by atoms with van der Waals surface area (Å²) < 4.78 is 9.46. The van der Waals surface area contributed by atoms with Gasteiger partial charge in [-0.05, 0) is 54.2 Å². The van der Waals surface area contributed by atoms with Gasteiger partial charge in [0, 0.05) is 12.8 Å². The molecule has 0 saturated carbocycles. The summed E-state index contributed by atoms with van der Waals surface area (Å²) in [5.74, 6) is -0.899. The second-order valence-corrected chi connectivity index (χ2v) is 6.81. The Morgan fingerprint density at radius 3 is 2.39 bits per heavy atom. The zero-order chi connectivity index (χ0) is 20.8. The first-order valence-electron chi connectivity index (χ1n) is 9.04. The van der Waals surface area contributed by atoms with E-state index in [4.69, 9.17) is 4.74 Å². The van der Waals surface area contributed by atoms with E-state index >= 15 is 0 Å². The molecule has 2 N–H and O–H groups in total. The van der Waals surface area contributed by atoms with Crippen LogP contribution in [0.2, 0.25) is 0 Å². The Morgan fingerprint density at radius 2 is 1.75 bits per heavy atom. The Hall–Kier alpha value is -3.02. The third-order valence-corrected chi connectivity index (χ3v) is 4.83. The van der Waals surface area contributed by atoms with Crippen molar-refractivity contribution in [2.75, 3.05) is 14.2 Å². The number of carbonyl (C=O) groups is 2. The summed E-state index contributed by atoms with van der Waals surface area (Å²) in [4.78, 5) is 23.2. The van der Waals surface area contributed by atoms with Gasteiger partial charge < -0.3 is 19.7 Å². The first kappa shape index (κ1) is 21.3. The molecule has 6 heteroatoms. The average Bonchev–Trinajstić information content (AvgIpc) is 2.69. The average molecular weight is 386 g/mol. The highest BCUT2D eigenvalue weighted by Crippen LogP contribution is 2.32. The van der Waals surface area contributed by atoms with Crippen LogP contribution in [-0.4, -0.2) is 36.4 Å². The number of benzene rings is 2. The van der Waals surface area contributed by atoms with Crippen molar-refractivity contribution in [3.8, 4) is 11.5 Å². The van der Waals surface area contributed by atoms with Gasteiger partial charge in [0.1, 0.15) is 11.5 Å². The lowest BCUT2D eigenvalue weighted by Crippen LogP contribution is -2.11. The summed E-state index contributed by atoms with van der Waals surface area (Å²) in [5.41, 5.74) is 3.49. The van der Waals surface area contributed by atoms with Gasteiger partial charge in [0.25, 0.3) is 0 Å². The van der Waals surface area contributed by atoms with Crippen molar-refractivity contribution in [3.63, 3.8) is 0 Å². The van der Waals surface area contributed by atoms with E-state index in [2.05, 4.69) is 4.74 Å². The lowest BCUT2D eigenvalue weighted by Gasteiger charge is -2.15. The fraction of sp³-hybridized carbons (Fsp3) is 0.364. The quantitative estimate of drug-likeness (QED) is 0.709. The normalized spacial score (nSPS) is 11.7. The van der Waals surface area contributed by atoms with Crippen LogP contribution < -0.4 is 0 Å². The molecule has 0 spiro atoms. The number of hydrogen-bond donors (Lipinski definition) is 2. The van der Waals surface area contributed by atoms with Crippen LogP contribution in [-0.2, 0) is 31.9 Å². The van der Waals surface area contributed by atoms with E-state index in [1.807, 2.05) is 6.07 Å². The molecule has 0 aliphatic rings. The molecular weight excluding hydrogens is 360 g/mol. The fourth-order valence-electron chi connectivity index (χ4n) is 3.07. The number of hydrogen-bond acceptors (Lipinski definition) is 6. The topological polar surface area (TPSA) is 93.1 Å². The third kappa shape index (κ3) is 5.03. The number of rotatable bonds is 7. The lowest BCUT2D eigenvalue weighted by molar-refractivity contribution is -0.142. The molecule has 0 bridgehead atoms. The van der Waals surface area contributed by atoms with Crippen molar-refractivity contribution < 1.29 is 29.3 Å². The predicted octanol–water partition coefficient (Wildman–Crippen LogP) is 3.38. The van der Waals surface area contributed by atoms with Gasteiger partial charge in [0.15, 0.2) is 0 Å². The number of aryl methyl sites for hydroxylation is 2. The van der Waals surface area contributed by atoms with Crippen LogP contribution in [0.1, 0.15) is 47.1 Å². The first-order valence-corrected chi connectivity index (χ1v) is 9.04. The number of ether oxygens (including phenoxy) is 2. The molecule has 1 atom stereocenters. The molecule has 0 heterocycles. The van der Waals surface area contributed by atoms with Gasteiger partial charge in [0.05, 0.1) is 20.1 Å². The van der Waals surface area contributed by atoms with E-state index in [0.29, 0.717) is 23.1 Å². The van der Waals surface area contributed by atoms with Crippen molar-refractivity contribution in [1.29, 1.82) is 0 Å². The highest BCUT2D eigenvalue weighted by molar-refractivity contribution is 5.78. The number of methoxy groups -OCH3 is 2. The van der Waals surface area contributed by atoms with E-state index in [9.17, 15) is 19.8 Å². The van der Waals surface area contributed by atoms with Gasteiger partial charge in [-0.1, -0.05) is 24.3 Å². The SMILES string of the molecule is COC(=O)CCc1ccc(O)c(Cc2cc(C(C)C(=O)OC)cc(C)c2O)c1. The predicted molar refractivity (Wildman–Crippen MR) is 105 cm³/mol. The molecule has 2 rings (SSSR count). The third-order valence-electron chi connectivity index (χ3n) is 4.83. The van der Waals surface area contributed by atoms with Gasteiger partial charge in [-0.15, -0.1) is 0 Å². The minimum Gasteiger partial charge on any atom is -0.508 e. The summed E-state index contributed by atoms with van der Waals surface area (Å²) in [7, 11) is 2.68. The van der Waals surface area contributed by atoms with Crippen LogP contribution in [0.5, 0.6) is 11.5 Å². The molecule has 1 unspecified atom stereocenters. The summed E-state index contributed by atoms with van der Waals surface area (Å²) in [6.45, 7) is 3.51. The first-order chi connectivity index (χ1) is 13.3. The number of aromatic hydroxyl groups is 2. The number of carbonyl (C=O) groups excluding carboxylic acids is 2. The zero-order valence-corrected chi connectivity index (χ0v) is 16.6. The Kier molecular flexibility index (Phi) is 7.04. The molecule has 0 fully saturated rings. The maximum Gasteiger partial charge on any atom is 0.312 e. The smallest absolute Gasteiger partial charge is 0.312 e. The van der Waals surface area contributed by atoms with Crippen LogP contribution in [0.4, 0.5) is 0 Å². The molecule has 0 aromatic heterocycles. The summed E-state index contributed by atoms with van der Waals surface area (Å²) in [6.07, 6.45) is 1.02. The van der Waals surface area contributed by atoms with E-state index < -0.39 is 5.92 Å². The maximum absolute atomic E-state index is 11.9. The van der Waals surface area contributed by atoms with Crippen molar-refractivity contribution in [2.45, 2.75) is 39.0 Å². The number of esters is 2. The van der Waals surface area contributed by atoms with Crippen LogP contribution >= 0.6 is 0 Å². The molecule has 2 aromatic rings. The van der Waals surface area contributed by atoms with Crippen LogP contribution in [0.3, 0.4) is 0 Å². The van der Waals surface area contributed by atoms with Crippen LogP contribution in [0.25, 0.3) is 0 Å². The summed E-state index contributed by atoms with van der Waals surface area (Å²) in [5, 5.41) is 20.7. The van der Waals surface area contributed by atoms with E-state index in [-0.39, 0.29) is 36.3 Å². The molecule has 2 aromatic carbocycles. The van der Waals surface area contributed by atoms with E-state index in [0.717, 1.165) is 11.1 Å². The second-order valence-electron chi connectivity index (χ2n) is 6.81. The summed E-state index contributed by atoms with van der Waals surface area (Å²) in [6, 6.07) is 8.65. The Balaban J connectivity index is 2.32. The Labute approximate surface area is 164 Å². The standard InChI is InChI=1S/C22H26O6/c1-13-9-16(14(2)22(26)28-4)11-18(21(13)25)12-17-10-15(5-7-19(17)23)6-8-20(24)27-3/h5,7,9-11,14,23,25H,6,8,12H2,1-4H3. The Morgan fingerprint density at radius 1 is 1.04 bits per heavy atom. The van der Waals surface area contributed by atoms with Crippen molar-refractivity contribution >= 4 is 11.9 Å². The molecule has 0 aliphatic heterocycles. The van der Waals surface area contributed by atoms with Crippen LogP contribution in [0, 0.1) is 6.92 Å². The van der Waals surface area contributed by atoms with Crippen molar-refractivity contribution in [1.82, 2.24) is 0 Å². The van der Waals surface area contributed by atoms with Gasteiger partial charge >= 0.3 is 11.9 Å². The molecule has 0 radical (unpaired) electrons. The monoisotopic (exact) mass is 386 g/mol. The minimum absolute atomic E-state index is 0.102. The highest BCUT2D eigenvalue weighted by atomic mass is 16.5. The Bertz CT molecular complexity index is 872. The van der Waals surface area contributed by atoms with E-state index in [1.54, 1.807) is 38.1 Å². The maximum atomic E-state index is 11.9. The molecule has 0 aliphatic carbocycles. The number of phenolic OH excluding ortho intramolecular Hbond substituents is 2.